The van der Waals surface area contributed by atoms with E-state index in [1.54, 1.807) is 30.2 Å². The largest absolute Gasteiger partial charge is 0.383 e. The first-order valence-corrected chi connectivity index (χ1v) is 10.8. The number of amides is 1. The van der Waals surface area contributed by atoms with E-state index in [0.717, 1.165) is 0 Å². The maximum Gasteiger partial charge on any atom is 0.253 e. The number of rotatable bonds is 8. The van der Waals surface area contributed by atoms with Gasteiger partial charge in [-0.25, -0.2) is 8.42 Å². The molecule has 1 fully saturated rings. The Labute approximate surface area is 162 Å². The van der Waals surface area contributed by atoms with E-state index in [1.165, 1.54) is 10.4 Å². The van der Waals surface area contributed by atoms with Crippen LogP contribution in [0.2, 0.25) is 0 Å². The maximum absolute atomic E-state index is 13.0. The molecule has 1 heterocycles. The predicted molar refractivity (Wildman–Crippen MR) is 105 cm³/mol. The van der Waals surface area contributed by atoms with Crippen molar-refractivity contribution in [2.75, 3.05) is 60.0 Å². The SMILES string of the molecule is COCCN(CC(C)C)C(=O)c1cccc(S(=O)(=O)N2CCN(C)CC2)c1. The average Bonchev–Trinajstić information content (AvgIpc) is 2.64. The first-order valence-electron chi connectivity index (χ1n) is 9.32. The zero-order chi connectivity index (χ0) is 20.0. The molecule has 8 heteroatoms. The first kappa shape index (κ1) is 21.8. The van der Waals surface area contributed by atoms with Gasteiger partial charge in [0.05, 0.1) is 11.5 Å². The third-order valence-corrected chi connectivity index (χ3v) is 6.51. The Bertz CT molecular complexity index is 728. The van der Waals surface area contributed by atoms with E-state index < -0.39 is 10.0 Å². The van der Waals surface area contributed by atoms with E-state index in [0.29, 0.717) is 57.4 Å². The number of ether oxygens (including phenoxy) is 1. The summed E-state index contributed by atoms with van der Waals surface area (Å²) in [5.74, 6) is 0.138. The summed E-state index contributed by atoms with van der Waals surface area (Å²) < 4.78 is 32.5. The van der Waals surface area contributed by atoms with Gasteiger partial charge in [-0.3, -0.25) is 4.79 Å². The van der Waals surface area contributed by atoms with Crippen LogP contribution in [0, 0.1) is 5.92 Å². The average molecular weight is 398 g/mol. The van der Waals surface area contributed by atoms with Gasteiger partial charge in [-0.1, -0.05) is 19.9 Å². The molecule has 27 heavy (non-hydrogen) atoms. The number of methoxy groups -OCH3 is 1. The summed E-state index contributed by atoms with van der Waals surface area (Å²) in [7, 11) is -0.0187. The number of sulfonamides is 1. The molecule has 0 N–H and O–H groups in total. The van der Waals surface area contributed by atoms with Crippen molar-refractivity contribution in [1.82, 2.24) is 14.1 Å². The lowest BCUT2D eigenvalue weighted by Gasteiger charge is -2.31. The molecule has 152 valence electrons. The second-order valence-corrected chi connectivity index (χ2v) is 9.31. The van der Waals surface area contributed by atoms with Gasteiger partial charge in [0.15, 0.2) is 0 Å². The molecular formula is C19H31N3O4S. The number of likely N-dealkylation sites (N-methyl/N-ethyl adjacent to an activating group) is 1. The van der Waals surface area contributed by atoms with Crippen LogP contribution in [0.4, 0.5) is 0 Å². The minimum absolute atomic E-state index is 0.170. The molecule has 0 saturated carbocycles. The summed E-state index contributed by atoms with van der Waals surface area (Å²) in [4.78, 5) is 16.9. The lowest BCUT2D eigenvalue weighted by Crippen LogP contribution is -2.47. The molecule has 0 unspecified atom stereocenters. The molecule has 7 nitrogen and oxygen atoms in total. The fourth-order valence-electron chi connectivity index (χ4n) is 3.07. The number of benzene rings is 1. The topological polar surface area (TPSA) is 70.2 Å². The van der Waals surface area contributed by atoms with E-state index in [1.807, 2.05) is 20.9 Å². The van der Waals surface area contributed by atoms with E-state index in [4.69, 9.17) is 4.74 Å². The molecular weight excluding hydrogens is 366 g/mol. The van der Waals surface area contributed by atoms with E-state index in [-0.39, 0.29) is 10.8 Å². The third kappa shape index (κ3) is 5.75. The van der Waals surface area contributed by atoms with Gasteiger partial charge >= 0.3 is 0 Å². The lowest BCUT2D eigenvalue weighted by atomic mass is 10.1. The van der Waals surface area contributed by atoms with Crippen molar-refractivity contribution in [3.05, 3.63) is 29.8 Å². The molecule has 1 aromatic rings. The van der Waals surface area contributed by atoms with Crippen LogP contribution in [-0.2, 0) is 14.8 Å². The Morgan fingerprint density at radius 1 is 1.22 bits per heavy atom. The van der Waals surface area contributed by atoms with E-state index in [9.17, 15) is 13.2 Å². The molecule has 1 aromatic carbocycles. The number of nitrogens with zero attached hydrogens (tertiary/aromatic N) is 3. The van der Waals surface area contributed by atoms with Crippen molar-refractivity contribution < 1.29 is 17.9 Å². The minimum Gasteiger partial charge on any atom is -0.383 e. The Balaban J connectivity index is 2.23. The maximum atomic E-state index is 13.0. The van der Waals surface area contributed by atoms with Crippen molar-refractivity contribution in [2.24, 2.45) is 5.92 Å². The summed E-state index contributed by atoms with van der Waals surface area (Å²) in [6.45, 7) is 7.93. The fourth-order valence-corrected chi connectivity index (χ4v) is 4.54. The number of hydrogen-bond acceptors (Lipinski definition) is 5. The quantitative estimate of drug-likeness (QED) is 0.663. The molecule has 1 saturated heterocycles. The van der Waals surface area contributed by atoms with Gasteiger partial charge in [0, 0.05) is 51.9 Å². The van der Waals surface area contributed by atoms with Gasteiger partial charge in [-0.15, -0.1) is 0 Å². The highest BCUT2D eigenvalue weighted by atomic mass is 32.2. The van der Waals surface area contributed by atoms with Gasteiger partial charge in [-0.05, 0) is 31.2 Å². The zero-order valence-corrected chi connectivity index (χ0v) is 17.5. The Morgan fingerprint density at radius 2 is 1.89 bits per heavy atom. The van der Waals surface area contributed by atoms with Crippen molar-refractivity contribution >= 4 is 15.9 Å². The third-order valence-electron chi connectivity index (χ3n) is 4.62. The fraction of sp³-hybridized carbons (Fsp3) is 0.632. The number of hydrogen-bond donors (Lipinski definition) is 0. The second kappa shape index (κ2) is 9.64. The highest BCUT2D eigenvalue weighted by Gasteiger charge is 2.28. The van der Waals surface area contributed by atoms with Crippen molar-refractivity contribution in [3.8, 4) is 0 Å². The minimum atomic E-state index is -3.60. The Hall–Kier alpha value is -1.48. The molecule has 0 atom stereocenters. The molecule has 1 aliphatic heterocycles. The van der Waals surface area contributed by atoms with Crippen molar-refractivity contribution in [1.29, 1.82) is 0 Å². The predicted octanol–water partition coefficient (Wildman–Crippen LogP) is 1.37. The molecule has 0 bridgehead atoms. The van der Waals surface area contributed by atoms with Gasteiger partial charge < -0.3 is 14.5 Å². The summed E-state index contributed by atoms with van der Waals surface area (Å²) in [6, 6.07) is 6.37. The molecule has 2 rings (SSSR count). The van der Waals surface area contributed by atoms with Crippen LogP contribution in [-0.4, -0.2) is 88.5 Å². The first-order chi connectivity index (χ1) is 12.8. The number of carbonyl (C=O) groups is 1. The standard InChI is InChI=1S/C19H31N3O4S/c1-16(2)15-21(12-13-26-4)19(23)17-6-5-7-18(14-17)27(24,25)22-10-8-20(3)9-11-22/h5-7,14,16H,8-13,15H2,1-4H3. The van der Waals surface area contributed by atoms with Gasteiger partial charge in [0.2, 0.25) is 10.0 Å². The smallest absolute Gasteiger partial charge is 0.253 e. The van der Waals surface area contributed by atoms with Crippen LogP contribution < -0.4 is 0 Å². The number of piperazine rings is 1. The van der Waals surface area contributed by atoms with Crippen LogP contribution >= 0.6 is 0 Å². The van der Waals surface area contributed by atoms with Crippen LogP contribution in [0.15, 0.2) is 29.2 Å². The monoisotopic (exact) mass is 397 g/mol. The summed E-state index contributed by atoms with van der Waals surface area (Å²) in [6.07, 6.45) is 0. The van der Waals surface area contributed by atoms with Crippen LogP contribution in [0.5, 0.6) is 0 Å². The molecule has 0 aromatic heterocycles. The van der Waals surface area contributed by atoms with E-state index in [2.05, 4.69) is 4.90 Å². The van der Waals surface area contributed by atoms with Crippen molar-refractivity contribution in [3.63, 3.8) is 0 Å². The molecule has 1 aliphatic rings. The molecule has 0 aliphatic carbocycles. The Kier molecular flexibility index (Phi) is 7.79. The molecule has 1 amide bonds. The summed E-state index contributed by atoms with van der Waals surface area (Å²) >= 11 is 0. The second-order valence-electron chi connectivity index (χ2n) is 7.37. The summed E-state index contributed by atoms with van der Waals surface area (Å²) in [5, 5.41) is 0. The zero-order valence-electron chi connectivity index (χ0n) is 16.7. The highest BCUT2D eigenvalue weighted by Crippen LogP contribution is 2.20. The van der Waals surface area contributed by atoms with Crippen LogP contribution in [0.1, 0.15) is 24.2 Å². The lowest BCUT2D eigenvalue weighted by molar-refractivity contribution is 0.0672. The Morgan fingerprint density at radius 3 is 2.48 bits per heavy atom. The van der Waals surface area contributed by atoms with Gasteiger partial charge in [-0.2, -0.15) is 4.31 Å². The van der Waals surface area contributed by atoms with Crippen molar-refractivity contribution in [2.45, 2.75) is 18.7 Å². The summed E-state index contributed by atoms with van der Waals surface area (Å²) in [5.41, 5.74) is 0.391. The van der Waals surface area contributed by atoms with Gasteiger partial charge in [0.1, 0.15) is 0 Å². The van der Waals surface area contributed by atoms with Crippen LogP contribution in [0.3, 0.4) is 0 Å². The van der Waals surface area contributed by atoms with Crippen LogP contribution in [0.25, 0.3) is 0 Å². The van der Waals surface area contributed by atoms with E-state index >= 15 is 0 Å². The highest BCUT2D eigenvalue weighted by molar-refractivity contribution is 7.89. The normalized spacial score (nSPS) is 16.6. The number of carbonyl (C=O) groups excluding carboxylic acids is 1. The van der Waals surface area contributed by atoms with Gasteiger partial charge in [0.25, 0.3) is 5.91 Å². The molecule has 0 spiro atoms. The molecule has 0 radical (unpaired) electrons.